The molecular formula is C22H32IN5. The number of aliphatic imine (C=N–C) groups is 1. The van der Waals surface area contributed by atoms with Crippen LogP contribution < -0.4 is 15.5 Å². The highest BCUT2D eigenvalue weighted by Crippen LogP contribution is 2.18. The Morgan fingerprint density at radius 2 is 1.61 bits per heavy atom. The van der Waals surface area contributed by atoms with Crippen molar-refractivity contribution in [3.8, 4) is 0 Å². The van der Waals surface area contributed by atoms with Gasteiger partial charge in [-0.05, 0) is 43.0 Å². The second-order valence-electron chi connectivity index (χ2n) is 7.19. The molecular weight excluding hydrogens is 461 g/mol. The lowest BCUT2D eigenvalue weighted by Gasteiger charge is -2.22. The van der Waals surface area contributed by atoms with Crippen molar-refractivity contribution in [3.05, 3.63) is 59.3 Å². The van der Waals surface area contributed by atoms with Crippen LogP contribution >= 0.6 is 24.0 Å². The van der Waals surface area contributed by atoms with Gasteiger partial charge in [0.2, 0.25) is 0 Å². The van der Waals surface area contributed by atoms with Gasteiger partial charge in [0.15, 0.2) is 5.96 Å². The van der Waals surface area contributed by atoms with E-state index in [1.165, 1.54) is 42.4 Å². The minimum absolute atomic E-state index is 0. The van der Waals surface area contributed by atoms with Crippen molar-refractivity contribution in [2.24, 2.45) is 4.99 Å². The lowest BCUT2D eigenvalue weighted by atomic mass is 10.1. The van der Waals surface area contributed by atoms with E-state index in [0.717, 1.165) is 38.0 Å². The highest BCUT2D eigenvalue weighted by molar-refractivity contribution is 14.0. The van der Waals surface area contributed by atoms with Gasteiger partial charge < -0.3 is 15.5 Å². The van der Waals surface area contributed by atoms with E-state index in [0.29, 0.717) is 0 Å². The number of aromatic nitrogens is 1. The predicted molar refractivity (Wildman–Crippen MR) is 129 cm³/mol. The Labute approximate surface area is 186 Å². The van der Waals surface area contributed by atoms with Crippen LogP contribution in [0.3, 0.4) is 0 Å². The molecule has 1 aliphatic rings. The third-order valence-electron chi connectivity index (χ3n) is 5.00. The van der Waals surface area contributed by atoms with Crippen LogP contribution in [0.1, 0.15) is 42.4 Å². The van der Waals surface area contributed by atoms with Gasteiger partial charge in [0.1, 0.15) is 5.82 Å². The molecule has 1 saturated heterocycles. The van der Waals surface area contributed by atoms with Crippen LogP contribution in [0, 0.1) is 6.92 Å². The molecule has 0 atom stereocenters. The summed E-state index contributed by atoms with van der Waals surface area (Å²) in [6.07, 6.45) is 7.11. The standard InChI is InChI=1S/C22H31N5.HI/c1-18-7-9-19(10-8-18)16-25-22(23-2)26-17-20-11-12-24-21(15-20)27-13-5-3-4-6-14-27;/h7-12,15H,3-6,13-14,16-17H2,1-2H3,(H2,23,25,26);1H. The van der Waals surface area contributed by atoms with Crippen molar-refractivity contribution in [2.45, 2.75) is 45.7 Å². The summed E-state index contributed by atoms with van der Waals surface area (Å²) in [5.74, 6) is 1.91. The molecule has 2 aromatic rings. The zero-order valence-corrected chi connectivity index (χ0v) is 19.3. The molecule has 28 heavy (non-hydrogen) atoms. The van der Waals surface area contributed by atoms with Crippen molar-refractivity contribution in [2.75, 3.05) is 25.0 Å². The Bertz CT molecular complexity index is 737. The molecule has 2 N–H and O–H groups in total. The molecule has 0 bridgehead atoms. The number of hydrogen-bond acceptors (Lipinski definition) is 3. The molecule has 1 fully saturated rings. The maximum absolute atomic E-state index is 4.59. The van der Waals surface area contributed by atoms with Gasteiger partial charge in [0.25, 0.3) is 0 Å². The normalized spacial score (nSPS) is 14.8. The molecule has 1 aromatic heterocycles. The lowest BCUT2D eigenvalue weighted by Crippen LogP contribution is -2.36. The maximum atomic E-state index is 4.59. The molecule has 0 amide bonds. The molecule has 3 rings (SSSR count). The molecule has 5 nitrogen and oxygen atoms in total. The topological polar surface area (TPSA) is 52.6 Å². The smallest absolute Gasteiger partial charge is 0.191 e. The van der Waals surface area contributed by atoms with Crippen molar-refractivity contribution in [3.63, 3.8) is 0 Å². The minimum atomic E-state index is 0. The van der Waals surface area contributed by atoms with Gasteiger partial charge in [-0.25, -0.2) is 4.98 Å². The Balaban J connectivity index is 0.00000280. The molecule has 0 radical (unpaired) electrons. The summed E-state index contributed by atoms with van der Waals surface area (Å²) in [6, 6.07) is 12.8. The highest BCUT2D eigenvalue weighted by atomic mass is 127. The SMILES string of the molecule is CN=C(NCc1ccc(C)cc1)NCc1ccnc(N2CCCCCC2)c1.I. The first-order valence-electron chi connectivity index (χ1n) is 9.94. The average Bonchev–Trinajstić information content (AvgIpc) is 2.99. The van der Waals surface area contributed by atoms with Gasteiger partial charge >= 0.3 is 0 Å². The number of anilines is 1. The third kappa shape index (κ3) is 6.96. The third-order valence-corrected chi connectivity index (χ3v) is 5.00. The van der Waals surface area contributed by atoms with Gasteiger partial charge in [-0.1, -0.05) is 42.7 Å². The van der Waals surface area contributed by atoms with Gasteiger partial charge in [-0.2, -0.15) is 0 Å². The molecule has 0 unspecified atom stereocenters. The first kappa shape index (κ1) is 22.5. The summed E-state index contributed by atoms with van der Waals surface area (Å²) < 4.78 is 0. The number of halogens is 1. The second-order valence-corrected chi connectivity index (χ2v) is 7.19. The molecule has 6 heteroatoms. The monoisotopic (exact) mass is 493 g/mol. The lowest BCUT2D eigenvalue weighted by molar-refractivity contribution is 0.726. The van der Waals surface area contributed by atoms with Crippen LogP contribution in [-0.4, -0.2) is 31.1 Å². The molecule has 152 valence electrons. The fourth-order valence-electron chi connectivity index (χ4n) is 3.34. The fourth-order valence-corrected chi connectivity index (χ4v) is 3.34. The van der Waals surface area contributed by atoms with Crippen LogP contribution in [0.5, 0.6) is 0 Å². The van der Waals surface area contributed by atoms with Crippen molar-refractivity contribution in [1.29, 1.82) is 0 Å². The van der Waals surface area contributed by atoms with E-state index in [1.54, 1.807) is 7.05 Å². The van der Waals surface area contributed by atoms with Crippen molar-refractivity contribution in [1.82, 2.24) is 15.6 Å². The molecule has 0 aliphatic carbocycles. The zero-order valence-electron chi connectivity index (χ0n) is 16.9. The zero-order chi connectivity index (χ0) is 18.9. The van der Waals surface area contributed by atoms with E-state index in [-0.39, 0.29) is 24.0 Å². The van der Waals surface area contributed by atoms with Crippen molar-refractivity contribution >= 4 is 35.8 Å². The summed E-state index contributed by atoms with van der Waals surface area (Å²) >= 11 is 0. The van der Waals surface area contributed by atoms with Gasteiger partial charge in [-0.3, -0.25) is 4.99 Å². The Kier molecular flexibility index (Phi) is 9.54. The average molecular weight is 493 g/mol. The largest absolute Gasteiger partial charge is 0.357 e. The van der Waals surface area contributed by atoms with Crippen LogP contribution in [0.2, 0.25) is 0 Å². The predicted octanol–water partition coefficient (Wildman–Crippen LogP) is 4.25. The number of nitrogens with zero attached hydrogens (tertiary/aromatic N) is 3. The second kappa shape index (κ2) is 11.9. The first-order chi connectivity index (χ1) is 13.2. The number of hydrogen-bond donors (Lipinski definition) is 2. The number of rotatable bonds is 5. The minimum Gasteiger partial charge on any atom is -0.357 e. The van der Waals surface area contributed by atoms with E-state index in [1.807, 2.05) is 6.20 Å². The number of nitrogens with one attached hydrogen (secondary N) is 2. The van der Waals surface area contributed by atoms with Gasteiger partial charge in [0.05, 0.1) is 0 Å². The van der Waals surface area contributed by atoms with Gasteiger partial charge in [0, 0.05) is 39.4 Å². The number of pyridine rings is 1. The van der Waals surface area contributed by atoms with Gasteiger partial charge in [-0.15, -0.1) is 24.0 Å². The first-order valence-corrected chi connectivity index (χ1v) is 9.94. The van der Waals surface area contributed by atoms with E-state index >= 15 is 0 Å². The highest BCUT2D eigenvalue weighted by Gasteiger charge is 2.11. The summed E-state index contributed by atoms with van der Waals surface area (Å²) in [4.78, 5) is 11.3. The summed E-state index contributed by atoms with van der Waals surface area (Å²) in [7, 11) is 1.81. The van der Waals surface area contributed by atoms with E-state index in [4.69, 9.17) is 0 Å². The van der Waals surface area contributed by atoms with E-state index in [2.05, 4.69) is 68.8 Å². The van der Waals surface area contributed by atoms with E-state index < -0.39 is 0 Å². The summed E-state index contributed by atoms with van der Waals surface area (Å²) in [6.45, 7) is 5.83. The fraction of sp³-hybridized carbons (Fsp3) is 0.455. The van der Waals surface area contributed by atoms with Crippen LogP contribution in [0.4, 0.5) is 5.82 Å². The quantitative estimate of drug-likeness (QED) is 0.372. The van der Waals surface area contributed by atoms with Crippen LogP contribution in [0.25, 0.3) is 0 Å². The molecule has 1 aliphatic heterocycles. The van der Waals surface area contributed by atoms with Crippen molar-refractivity contribution < 1.29 is 0 Å². The molecule has 1 aromatic carbocycles. The molecule has 2 heterocycles. The van der Waals surface area contributed by atoms with Crippen LogP contribution in [0.15, 0.2) is 47.6 Å². The Hall–Kier alpha value is -1.83. The van der Waals surface area contributed by atoms with E-state index in [9.17, 15) is 0 Å². The number of aryl methyl sites for hydroxylation is 1. The van der Waals surface area contributed by atoms with Crippen LogP contribution in [-0.2, 0) is 13.1 Å². The number of benzene rings is 1. The summed E-state index contributed by atoms with van der Waals surface area (Å²) in [5, 5.41) is 6.78. The summed E-state index contributed by atoms with van der Waals surface area (Å²) in [5.41, 5.74) is 3.75. The molecule has 0 spiro atoms. The molecule has 0 saturated carbocycles. The number of guanidine groups is 1. The Morgan fingerprint density at radius 3 is 2.25 bits per heavy atom. The Morgan fingerprint density at radius 1 is 0.964 bits per heavy atom. The maximum Gasteiger partial charge on any atom is 0.191 e.